The summed E-state index contributed by atoms with van der Waals surface area (Å²) in [5, 5.41) is 0. The first-order valence-corrected chi connectivity index (χ1v) is 4.38. The van der Waals surface area contributed by atoms with Crippen LogP contribution >= 0.6 is 0 Å². The van der Waals surface area contributed by atoms with Gasteiger partial charge in [-0.25, -0.2) is 0 Å². The molecule has 0 atom stereocenters. The summed E-state index contributed by atoms with van der Waals surface area (Å²) in [6.07, 6.45) is 0. The molecular formula is C10H16N2O2. The molecule has 1 aromatic carbocycles. The lowest BCUT2D eigenvalue weighted by Crippen LogP contribution is -2.21. The third-order valence-corrected chi connectivity index (χ3v) is 2.03. The number of methoxy groups -OCH3 is 2. The van der Waals surface area contributed by atoms with Crippen LogP contribution < -0.4 is 20.7 Å². The first-order valence-electron chi connectivity index (χ1n) is 4.38. The fourth-order valence-corrected chi connectivity index (χ4v) is 1.39. The van der Waals surface area contributed by atoms with Crippen LogP contribution in [0.5, 0.6) is 11.5 Å². The van der Waals surface area contributed by atoms with Gasteiger partial charge in [-0.3, -0.25) is 11.3 Å². The van der Waals surface area contributed by atoms with Gasteiger partial charge in [-0.05, 0) is 24.6 Å². The summed E-state index contributed by atoms with van der Waals surface area (Å²) in [5.41, 5.74) is 4.62. The topological polar surface area (TPSA) is 56.5 Å². The summed E-state index contributed by atoms with van der Waals surface area (Å²) in [6, 6.07) is 3.91. The molecule has 4 nitrogen and oxygen atoms in total. The maximum atomic E-state index is 5.28. The molecule has 0 unspecified atom stereocenters. The van der Waals surface area contributed by atoms with Gasteiger partial charge in [0.1, 0.15) is 11.5 Å². The van der Waals surface area contributed by atoms with E-state index in [9.17, 15) is 0 Å². The molecule has 0 aliphatic rings. The maximum Gasteiger partial charge on any atom is 0.127 e. The summed E-state index contributed by atoms with van der Waals surface area (Å²) in [5.74, 6) is 6.87. The molecule has 0 saturated carbocycles. The molecule has 0 saturated heterocycles. The normalized spacial score (nSPS) is 10.0. The molecule has 0 bridgehead atoms. The molecule has 14 heavy (non-hydrogen) atoms. The van der Waals surface area contributed by atoms with E-state index < -0.39 is 0 Å². The number of hydrazine groups is 1. The Balaban J connectivity index is 3.18. The van der Waals surface area contributed by atoms with Crippen LogP contribution in [0.3, 0.4) is 0 Å². The monoisotopic (exact) mass is 196 g/mol. The van der Waals surface area contributed by atoms with Gasteiger partial charge in [0.05, 0.1) is 19.8 Å². The molecule has 1 rings (SSSR count). The number of ether oxygens (including phenoxy) is 2. The van der Waals surface area contributed by atoms with Crippen LogP contribution in [0.25, 0.3) is 0 Å². The zero-order valence-corrected chi connectivity index (χ0v) is 8.76. The number of nitrogens with two attached hydrogens (primary N) is 1. The highest BCUT2D eigenvalue weighted by Gasteiger charge is 2.09. The van der Waals surface area contributed by atoms with E-state index in [2.05, 4.69) is 5.43 Å². The van der Waals surface area contributed by atoms with Crippen LogP contribution in [0.15, 0.2) is 12.1 Å². The van der Waals surface area contributed by atoms with Crippen molar-refractivity contribution in [2.24, 2.45) is 5.84 Å². The van der Waals surface area contributed by atoms with Gasteiger partial charge >= 0.3 is 0 Å². The van der Waals surface area contributed by atoms with Gasteiger partial charge in [0.15, 0.2) is 0 Å². The van der Waals surface area contributed by atoms with Crippen LogP contribution in [0.1, 0.15) is 11.1 Å². The van der Waals surface area contributed by atoms with E-state index in [0.29, 0.717) is 6.54 Å². The predicted octanol–water partition coefficient (Wildman–Crippen LogP) is 0.976. The lowest BCUT2D eigenvalue weighted by atomic mass is 10.1. The minimum atomic E-state index is 0.520. The molecule has 3 N–H and O–H groups in total. The Morgan fingerprint density at radius 1 is 1.21 bits per heavy atom. The number of hydrogen-bond donors (Lipinski definition) is 2. The van der Waals surface area contributed by atoms with Gasteiger partial charge in [0.2, 0.25) is 0 Å². The quantitative estimate of drug-likeness (QED) is 0.556. The highest BCUT2D eigenvalue weighted by atomic mass is 16.5. The summed E-state index contributed by atoms with van der Waals surface area (Å²) in [6.45, 7) is 2.51. The standard InChI is InChI=1S/C10H16N2O2/c1-7-4-9(13-2)8(6-12-11)10(5-7)14-3/h4-5,12H,6,11H2,1-3H3. The van der Waals surface area contributed by atoms with Gasteiger partial charge < -0.3 is 9.47 Å². The highest BCUT2D eigenvalue weighted by molar-refractivity contribution is 5.47. The Bertz CT molecular complexity index is 288. The van der Waals surface area contributed by atoms with E-state index in [0.717, 1.165) is 22.6 Å². The minimum absolute atomic E-state index is 0.520. The van der Waals surface area contributed by atoms with Crippen molar-refractivity contribution in [3.05, 3.63) is 23.3 Å². The van der Waals surface area contributed by atoms with E-state index in [1.807, 2.05) is 19.1 Å². The smallest absolute Gasteiger partial charge is 0.127 e. The first-order chi connectivity index (χ1) is 6.72. The van der Waals surface area contributed by atoms with Gasteiger partial charge in [-0.2, -0.15) is 0 Å². The molecule has 0 heterocycles. The number of benzene rings is 1. The lowest BCUT2D eigenvalue weighted by Gasteiger charge is -2.13. The van der Waals surface area contributed by atoms with Crippen LogP contribution in [0.2, 0.25) is 0 Å². The first kappa shape index (κ1) is 10.8. The zero-order chi connectivity index (χ0) is 10.6. The Hall–Kier alpha value is -1.26. The maximum absolute atomic E-state index is 5.28. The van der Waals surface area contributed by atoms with E-state index in [1.54, 1.807) is 14.2 Å². The lowest BCUT2D eigenvalue weighted by molar-refractivity contribution is 0.382. The Kier molecular flexibility index (Phi) is 3.73. The molecule has 0 amide bonds. The average Bonchev–Trinajstić information content (AvgIpc) is 2.20. The minimum Gasteiger partial charge on any atom is -0.496 e. The number of aryl methyl sites for hydroxylation is 1. The molecule has 78 valence electrons. The van der Waals surface area contributed by atoms with E-state index >= 15 is 0 Å². The molecule has 0 aliphatic carbocycles. The van der Waals surface area contributed by atoms with Crippen LogP contribution in [-0.4, -0.2) is 14.2 Å². The molecule has 4 heteroatoms. The Morgan fingerprint density at radius 3 is 2.07 bits per heavy atom. The number of rotatable bonds is 4. The molecule has 0 aliphatic heterocycles. The largest absolute Gasteiger partial charge is 0.496 e. The van der Waals surface area contributed by atoms with Crippen LogP contribution in [0.4, 0.5) is 0 Å². The second-order valence-corrected chi connectivity index (χ2v) is 3.03. The summed E-state index contributed by atoms with van der Waals surface area (Å²) in [7, 11) is 3.27. The number of nitrogens with one attached hydrogen (secondary N) is 1. The van der Waals surface area contributed by atoms with Gasteiger partial charge in [-0.15, -0.1) is 0 Å². The summed E-state index contributed by atoms with van der Waals surface area (Å²) in [4.78, 5) is 0. The molecular weight excluding hydrogens is 180 g/mol. The zero-order valence-electron chi connectivity index (χ0n) is 8.76. The molecule has 0 spiro atoms. The SMILES string of the molecule is COc1cc(C)cc(OC)c1CNN. The molecule has 0 aromatic heterocycles. The van der Waals surface area contributed by atoms with Gasteiger partial charge in [-0.1, -0.05) is 0 Å². The van der Waals surface area contributed by atoms with Crippen molar-refractivity contribution < 1.29 is 9.47 Å². The van der Waals surface area contributed by atoms with Crippen molar-refractivity contribution in [3.63, 3.8) is 0 Å². The van der Waals surface area contributed by atoms with E-state index in [-0.39, 0.29) is 0 Å². The van der Waals surface area contributed by atoms with Crippen molar-refractivity contribution in [1.82, 2.24) is 5.43 Å². The third kappa shape index (κ3) is 2.16. The van der Waals surface area contributed by atoms with E-state index in [4.69, 9.17) is 15.3 Å². The molecule has 0 fully saturated rings. The third-order valence-electron chi connectivity index (χ3n) is 2.03. The van der Waals surface area contributed by atoms with Crippen molar-refractivity contribution in [2.45, 2.75) is 13.5 Å². The summed E-state index contributed by atoms with van der Waals surface area (Å²) < 4.78 is 10.5. The van der Waals surface area contributed by atoms with Crippen molar-refractivity contribution >= 4 is 0 Å². The second kappa shape index (κ2) is 4.83. The number of hydrogen-bond acceptors (Lipinski definition) is 4. The van der Waals surface area contributed by atoms with Crippen molar-refractivity contribution in [2.75, 3.05) is 14.2 Å². The highest BCUT2D eigenvalue weighted by Crippen LogP contribution is 2.29. The van der Waals surface area contributed by atoms with E-state index in [1.165, 1.54) is 0 Å². The molecule has 0 radical (unpaired) electrons. The van der Waals surface area contributed by atoms with Crippen molar-refractivity contribution in [3.8, 4) is 11.5 Å². The summed E-state index contributed by atoms with van der Waals surface area (Å²) >= 11 is 0. The molecule has 1 aromatic rings. The Morgan fingerprint density at radius 2 is 1.71 bits per heavy atom. The van der Waals surface area contributed by atoms with Crippen LogP contribution in [-0.2, 0) is 6.54 Å². The van der Waals surface area contributed by atoms with Gasteiger partial charge in [0, 0.05) is 6.54 Å². The predicted molar refractivity (Wildman–Crippen MR) is 55.3 cm³/mol. The van der Waals surface area contributed by atoms with Crippen molar-refractivity contribution in [1.29, 1.82) is 0 Å². The van der Waals surface area contributed by atoms with Crippen LogP contribution in [0, 0.1) is 6.92 Å². The fourth-order valence-electron chi connectivity index (χ4n) is 1.39. The fraction of sp³-hybridized carbons (Fsp3) is 0.400. The average molecular weight is 196 g/mol. The van der Waals surface area contributed by atoms with Gasteiger partial charge in [0.25, 0.3) is 0 Å². The Labute approximate surface area is 84.0 Å². The second-order valence-electron chi connectivity index (χ2n) is 3.03.